The summed E-state index contributed by atoms with van der Waals surface area (Å²) in [5.41, 5.74) is 1.75. The lowest BCUT2D eigenvalue weighted by Crippen LogP contribution is -2.26. The van der Waals surface area contributed by atoms with Crippen molar-refractivity contribution in [2.75, 3.05) is 0 Å². The fourth-order valence-electron chi connectivity index (χ4n) is 2.13. The van der Waals surface area contributed by atoms with Gasteiger partial charge < -0.3 is 4.74 Å². The van der Waals surface area contributed by atoms with Gasteiger partial charge in [0, 0.05) is 6.20 Å². The molecule has 3 rings (SSSR count). The van der Waals surface area contributed by atoms with Crippen LogP contribution in [-0.4, -0.2) is 36.2 Å². The maximum atomic E-state index is 12.0. The van der Waals surface area contributed by atoms with Crippen LogP contribution in [0, 0.1) is 0 Å². The summed E-state index contributed by atoms with van der Waals surface area (Å²) in [6.07, 6.45) is 4.33. The van der Waals surface area contributed by atoms with Crippen molar-refractivity contribution >= 4 is 6.09 Å². The zero-order chi connectivity index (χ0) is 17.2. The first-order chi connectivity index (χ1) is 11.4. The number of ether oxygens (including phenoxy) is 1. The molecule has 124 valence electrons. The Morgan fingerprint density at radius 2 is 1.88 bits per heavy atom. The maximum absolute atomic E-state index is 12.0. The van der Waals surface area contributed by atoms with Crippen LogP contribution >= 0.6 is 0 Å². The molecular formula is C17H19N5O2. The predicted molar refractivity (Wildman–Crippen MR) is 88.4 cm³/mol. The highest BCUT2D eigenvalue weighted by Crippen LogP contribution is 2.15. The van der Waals surface area contributed by atoms with Crippen molar-refractivity contribution in [3.63, 3.8) is 0 Å². The van der Waals surface area contributed by atoms with E-state index >= 15 is 0 Å². The van der Waals surface area contributed by atoms with Gasteiger partial charge in [0.2, 0.25) is 0 Å². The van der Waals surface area contributed by atoms with Gasteiger partial charge in [-0.25, -0.2) is 19.0 Å². The second-order valence-corrected chi connectivity index (χ2v) is 6.43. The van der Waals surface area contributed by atoms with Gasteiger partial charge in [0.05, 0.1) is 12.7 Å². The SMILES string of the molecule is CC(C)(C)OC(=O)n1cnc(-c2cn(Cc3ccccc3)nn2)c1. The first-order valence-corrected chi connectivity index (χ1v) is 7.62. The monoisotopic (exact) mass is 325 g/mol. The van der Waals surface area contributed by atoms with Crippen LogP contribution in [0.15, 0.2) is 49.1 Å². The number of aromatic nitrogens is 5. The molecule has 0 atom stereocenters. The smallest absolute Gasteiger partial charge is 0.419 e. The van der Waals surface area contributed by atoms with Crippen LogP contribution in [-0.2, 0) is 11.3 Å². The second kappa shape index (κ2) is 6.27. The minimum atomic E-state index is -0.555. The molecule has 0 saturated carbocycles. The highest BCUT2D eigenvalue weighted by molar-refractivity contribution is 5.72. The number of imidazole rings is 1. The molecule has 7 heteroatoms. The molecule has 7 nitrogen and oxygen atoms in total. The van der Waals surface area contributed by atoms with E-state index in [1.807, 2.05) is 51.1 Å². The zero-order valence-electron chi connectivity index (χ0n) is 13.9. The van der Waals surface area contributed by atoms with Crippen LogP contribution in [0.1, 0.15) is 26.3 Å². The lowest BCUT2D eigenvalue weighted by molar-refractivity contribution is 0.0536. The molecule has 2 aromatic heterocycles. The van der Waals surface area contributed by atoms with E-state index < -0.39 is 11.7 Å². The molecule has 0 saturated heterocycles. The Bertz CT molecular complexity index is 830. The third-order valence-electron chi connectivity index (χ3n) is 3.18. The van der Waals surface area contributed by atoms with Crippen molar-refractivity contribution in [2.45, 2.75) is 32.9 Å². The first-order valence-electron chi connectivity index (χ1n) is 7.62. The van der Waals surface area contributed by atoms with Crippen molar-refractivity contribution in [3.8, 4) is 11.4 Å². The van der Waals surface area contributed by atoms with Gasteiger partial charge in [-0.1, -0.05) is 35.5 Å². The third kappa shape index (κ3) is 3.87. The zero-order valence-corrected chi connectivity index (χ0v) is 13.9. The van der Waals surface area contributed by atoms with E-state index in [1.54, 1.807) is 17.1 Å². The van der Waals surface area contributed by atoms with Gasteiger partial charge in [-0.05, 0) is 26.3 Å². The lowest BCUT2D eigenvalue weighted by atomic mass is 10.2. The number of hydrogen-bond donors (Lipinski definition) is 0. The minimum Gasteiger partial charge on any atom is -0.443 e. The summed E-state index contributed by atoms with van der Waals surface area (Å²) >= 11 is 0. The molecule has 0 aliphatic heterocycles. The average Bonchev–Trinajstić information content (AvgIpc) is 3.15. The number of carbonyl (C=O) groups is 1. The summed E-state index contributed by atoms with van der Waals surface area (Å²) in [5.74, 6) is 0. The van der Waals surface area contributed by atoms with Gasteiger partial charge in [-0.2, -0.15) is 0 Å². The Hall–Kier alpha value is -2.96. The van der Waals surface area contributed by atoms with Crippen molar-refractivity contribution in [3.05, 3.63) is 54.6 Å². The van der Waals surface area contributed by atoms with Gasteiger partial charge in [0.1, 0.15) is 23.3 Å². The first kappa shape index (κ1) is 15.9. The van der Waals surface area contributed by atoms with E-state index in [1.165, 1.54) is 10.9 Å². The predicted octanol–water partition coefficient (Wildman–Crippen LogP) is 2.97. The number of carbonyl (C=O) groups excluding carboxylic acids is 1. The van der Waals surface area contributed by atoms with Gasteiger partial charge >= 0.3 is 6.09 Å². The average molecular weight is 325 g/mol. The summed E-state index contributed by atoms with van der Waals surface area (Å²) < 4.78 is 8.34. The molecule has 0 fully saturated rings. The molecule has 0 bridgehead atoms. The van der Waals surface area contributed by atoms with E-state index in [9.17, 15) is 4.79 Å². The third-order valence-corrected chi connectivity index (χ3v) is 3.18. The standard InChI is InChI=1S/C17H19N5O2/c1-17(2,3)24-16(23)21-10-14(18-12-21)15-11-22(20-19-15)9-13-7-5-4-6-8-13/h4-8,10-12H,9H2,1-3H3. The Labute approximate surface area is 139 Å². The van der Waals surface area contributed by atoms with E-state index in [4.69, 9.17) is 4.74 Å². The molecule has 0 aliphatic rings. The van der Waals surface area contributed by atoms with Gasteiger partial charge in [0.25, 0.3) is 0 Å². The molecule has 0 spiro atoms. The van der Waals surface area contributed by atoms with Crippen molar-refractivity contribution < 1.29 is 9.53 Å². The largest absolute Gasteiger partial charge is 0.443 e. The fraction of sp³-hybridized carbons (Fsp3) is 0.294. The number of benzene rings is 1. The van der Waals surface area contributed by atoms with E-state index in [2.05, 4.69) is 15.3 Å². The Kier molecular flexibility index (Phi) is 4.16. The van der Waals surface area contributed by atoms with Crippen LogP contribution in [0.4, 0.5) is 4.79 Å². The van der Waals surface area contributed by atoms with Crippen LogP contribution in [0.5, 0.6) is 0 Å². The van der Waals surface area contributed by atoms with Crippen molar-refractivity contribution in [1.82, 2.24) is 24.5 Å². The normalized spacial score (nSPS) is 11.5. The van der Waals surface area contributed by atoms with Crippen LogP contribution in [0.3, 0.4) is 0 Å². The quantitative estimate of drug-likeness (QED) is 0.740. The molecule has 0 amide bonds. The molecule has 2 heterocycles. The summed E-state index contributed by atoms with van der Waals surface area (Å²) in [6, 6.07) is 9.99. The molecular weight excluding hydrogens is 306 g/mol. The van der Waals surface area contributed by atoms with E-state index in [0.717, 1.165) is 5.56 Å². The molecule has 0 unspecified atom stereocenters. The Morgan fingerprint density at radius 1 is 1.12 bits per heavy atom. The fourth-order valence-corrected chi connectivity index (χ4v) is 2.13. The second-order valence-electron chi connectivity index (χ2n) is 6.43. The number of hydrogen-bond acceptors (Lipinski definition) is 5. The van der Waals surface area contributed by atoms with Gasteiger partial charge in [0.15, 0.2) is 0 Å². The number of nitrogens with zero attached hydrogens (tertiary/aromatic N) is 5. The molecule has 1 aromatic carbocycles. The highest BCUT2D eigenvalue weighted by Gasteiger charge is 2.18. The number of rotatable bonds is 3. The van der Waals surface area contributed by atoms with Crippen LogP contribution < -0.4 is 0 Å². The molecule has 3 aromatic rings. The van der Waals surface area contributed by atoms with Crippen LogP contribution in [0.2, 0.25) is 0 Å². The summed E-state index contributed by atoms with van der Waals surface area (Å²) in [7, 11) is 0. The maximum Gasteiger partial charge on any atom is 0.419 e. The van der Waals surface area contributed by atoms with E-state index in [0.29, 0.717) is 17.9 Å². The van der Waals surface area contributed by atoms with Crippen molar-refractivity contribution in [1.29, 1.82) is 0 Å². The Balaban J connectivity index is 1.73. The molecule has 0 aliphatic carbocycles. The highest BCUT2D eigenvalue weighted by atomic mass is 16.6. The van der Waals surface area contributed by atoms with Crippen LogP contribution in [0.25, 0.3) is 11.4 Å². The minimum absolute atomic E-state index is 0.474. The molecule has 0 N–H and O–H groups in total. The lowest BCUT2D eigenvalue weighted by Gasteiger charge is -2.18. The van der Waals surface area contributed by atoms with Gasteiger partial charge in [-0.15, -0.1) is 5.10 Å². The Morgan fingerprint density at radius 3 is 2.58 bits per heavy atom. The summed E-state index contributed by atoms with van der Waals surface area (Å²) in [5, 5.41) is 8.22. The van der Waals surface area contributed by atoms with Gasteiger partial charge in [-0.3, -0.25) is 0 Å². The molecule has 24 heavy (non-hydrogen) atoms. The molecule has 0 radical (unpaired) electrons. The summed E-state index contributed by atoms with van der Waals surface area (Å²) in [4.78, 5) is 16.2. The van der Waals surface area contributed by atoms with E-state index in [-0.39, 0.29) is 0 Å². The topological polar surface area (TPSA) is 74.8 Å². The summed E-state index contributed by atoms with van der Waals surface area (Å²) in [6.45, 7) is 6.08. The van der Waals surface area contributed by atoms with Crippen molar-refractivity contribution in [2.24, 2.45) is 0 Å².